The third kappa shape index (κ3) is 4.14. The van der Waals surface area contributed by atoms with Gasteiger partial charge < -0.3 is 5.32 Å². The van der Waals surface area contributed by atoms with Crippen LogP contribution in [0, 0.1) is 5.92 Å². The Morgan fingerprint density at radius 2 is 2.32 bits per heavy atom. The molecule has 2 unspecified atom stereocenters. The van der Waals surface area contributed by atoms with Crippen LogP contribution in [0.25, 0.3) is 0 Å². The first-order valence-corrected chi connectivity index (χ1v) is 8.81. The van der Waals surface area contributed by atoms with Gasteiger partial charge in [0, 0.05) is 35.4 Å². The highest BCUT2D eigenvalue weighted by Crippen LogP contribution is 2.30. The second-order valence-electron chi connectivity index (χ2n) is 5.09. The van der Waals surface area contributed by atoms with E-state index < -0.39 is 10.8 Å². The molecule has 0 radical (unpaired) electrons. The van der Waals surface area contributed by atoms with Crippen molar-refractivity contribution in [3.05, 3.63) is 21.0 Å². The number of nitrogens with one attached hydrogen (secondary N) is 1. The van der Waals surface area contributed by atoms with E-state index in [0.717, 1.165) is 0 Å². The van der Waals surface area contributed by atoms with E-state index in [-0.39, 0.29) is 11.6 Å². The number of hydrogen-bond acceptors (Lipinski definition) is 4. The first-order chi connectivity index (χ1) is 8.97. The normalized spacial score (nSPS) is 18.1. The summed E-state index contributed by atoms with van der Waals surface area (Å²) in [4.78, 5) is 12.1. The van der Waals surface area contributed by atoms with Crippen molar-refractivity contribution in [3.8, 4) is 0 Å². The van der Waals surface area contributed by atoms with E-state index in [1.54, 1.807) is 12.5 Å². The van der Waals surface area contributed by atoms with Gasteiger partial charge in [-0.25, -0.2) is 4.68 Å². The largest absolute Gasteiger partial charge is 0.379 e. The number of aromatic nitrogens is 2. The van der Waals surface area contributed by atoms with Crippen LogP contribution in [-0.4, -0.2) is 32.0 Å². The van der Waals surface area contributed by atoms with Crippen LogP contribution in [0.1, 0.15) is 19.8 Å². The van der Waals surface area contributed by atoms with Crippen LogP contribution in [0.15, 0.2) is 15.5 Å². The van der Waals surface area contributed by atoms with Crippen molar-refractivity contribution < 1.29 is 4.21 Å². The third-order valence-corrected chi connectivity index (χ3v) is 4.74. The Morgan fingerprint density at radius 3 is 2.89 bits per heavy atom. The lowest BCUT2D eigenvalue weighted by Gasteiger charge is -2.15. The summed E-state index contributed by atoms with van der Waals surface area (Å²) in [5, 5.41) is 7.35. The van der Waals surface area contributed by atoms with Crippen molar-refractivity contribution in [2.75, 3.05) is 17.3 Å². The number of hydrogen-bond donors (Lipinski definition) is 1. The van der Waals surface area contributed by atoms with E-state index in [1.165, 1.54) is 17.5 Å². The fourth-order valence-electron chi connectivity index (χ4n) is 1.90. The molecule has 19 heavy (non-hydrogen) atoms. The first kappa shape index (κ1) is 14.7. The Balaban J connectivity index is 2.11. The van der Waals surface area contributed by atoms with Gasteiger partial charge in [0.2, 0.25) is 0 Å². The van der Waals surface area contributed by atoms with Gasteiger partial charge in [-0.05, 0) is 41.6 Å². The monoisotopic (exact) mass is 347 g/mol. The molecule has 0 bridgehead atoms. The van der Waals surface area contributed by atoms with Crippen LogP contribution in [0.5, 0.6) is 0 Å². The van der Waals surface area contributed by atoms with E-state index >= 15 is 0 Å². The lowest BCUT2D eigenvalue weighted by Crippen LogP contribution is -2.28. The summed E-state index contributed by atoms with van der Waals surface area (Å²) in [6.45, 7) is 2.63. The average Bonchev–Trinajstić information content (AvgIpc) is 3.12. The zero-order chi connectivity index (χ0) is 14.0. The van der Waals surface area contributed by atoms with Gasteiger partial charge in [0.05, 0.1) is 11.9 Å². The second-order valence-corrected chi connectivity index (χ2v) is 7.36. The maximum Gasteiger partial charge on any atom is 0.283 e. The molecule has 5 nitrogen and oxygen atoms in total. The zero-order valence-corrected chi connectivity index (χ0v) is 13.5. The first-order valence-electron chi connectivity index (χ1n) is 6.29. The quantitative estimate of drug-likeness (QED) is 0.848. The van der Waals surface area contributed by atoms with E-state index in [2.05, 4.69) is 26.3 Å². The molecule has 0 spiro atoms. The maximum absolute atomic E-state index is 12.1. The van der Waals surface area contributed by atoms with Crippen molar-refractivity contribution in [3.63, 3.8) is 0 Å². The highest BCUT2D eigenvalue weighted by atomic mass is 79.9. The highest BCUT2D eigenvalue weighted by Gasteiger charge is 2.23. The number of anilines is 1. The van der Waals surface area contributed by atoms with Crippen molar-refractivity contribution in [2.45, 2.75) is 32.4 Å². The minimum absolute atomic E-state index is 0.0302. The molecular weight excluding hydrogens is 330 g/mol. The van der Waals surface area contributed by atoms with Crippen LogP contribution < -0.4 is 10.9 Å². The molecule has 0 aromatic carbocycles. The Bertz CT molecular complexity index is 542. The van der Waals surface area contributed by atoms with Crippen LogP contribution >= 0.6 is 15.9 Å². The Kier molecular flexibility index (Phi) is 4.78. The molecule has 1 saturated carbocycles. The topological polar surface area (TPSA) is 64.0 Å². The Hall–Kier alpha value is -0.690. The third-order valence-electron chi connectivity index (χ3n) is 3.00. The SMILES string of the molecule is CC(CS(C)=O)Nc1cnn(CC2CC2)c(=O)c1Br. The smallest absolute Gasteiger partial charge is 0.283 e. The van der Waals surface area contributed by atoms with E-state index in [1.807, 2.05) is 6.92 Å². The van der Waals surface area contributed by atoms with Crippen molar-refractivity contribution >= 4 is 32.4 Å². The fourth-order valence-corrected chi connectivity index (χ4v) is 3.11. The minimum Gasteiger partial charge on any atom is -0.379 e. The standard InChI is InChI=1S/C12H18BrN3O2S/c1-8(7-19(2)18)15-10-5-14-16(6-9-3-4-9)12(17)11(10)13/h5,8-9,15H,3-4,6-7H2,1-2H3. The summed E-state index contributed by atoms with van der Waals surface area (Å²) in [7, 11) is -0.867. The number of nitrogens with zero attached hydrogens (tertiary/aromatic N) is 2. The summed E-state index contributed by atoms with van der Waals surface area (Å²) in [5.74, 6) is 1.15. The molecule has 1 aromatic rings. The fraction of sp³-hybridized carbons (Fsp3) is 0.667. The zero-order valence-electron chi connectivity index (χ0n) is 11.1. The van der Waals surface area contributed by atoms with Gasteiger partial charge in [-0.1, -0.05) is 0 Å². The molecule has 1 aliphatic rings. The van der Waals surface area contributed by atoms with Crippen molar-refractivity contribution in [1.29, 1.82) is 0 Å². The molecule has 1 aromatic heterocycles. The molecule has 106 valence electrons. The molecule has 0 amide bonds. The average molecular weight is 348 g/mol. The van der Waals surface area contributed by atoms with Crippen molar-refractivity contribution in [2.24, 2.45) is 5.92 Å². The highest BCUT2D eigenvalue weighted by molar-refractivity contribution is 9.10. The van der Waals surface area contributed by atoms with Gasteiger partial charge in [0.25, 0.3) is 5.56 Å². The van der Waals surface area contributed by atoms with E-state index in [4.69, 9.17) is 0 Å². The molecule has 2 rings (SSSR count). The molecule has 0 aliphatic heterocycles. The summed E-state index contributed by atoms with van der Waals surface area (Å²) < 4.78 is 13.2. The van der Waals surface area contributed by atoms with Gasteiger partial charge in [-0.2, -0.15) is 5.10 Å². The summed E-state index contributed by atoms with van der Waals surface area (Å²) in [5.41, 5.74) is 0.553. The van der Waals surface area contributed by atoms with Gasteiger partial charge in [0.1, 0.15) is 4.47 Å². The molecular formula is C12H18BrN3O2S. The number of halogens is 1. The summed E-state index contributed by atoms with van der Waals surface area (Å²) >= 11 is 3.32. The Labute approximate surface area is 123 Å². The van der Waals surface area contributed by atoms with E-state index in [9.17, 15) is 9.00 Å². The maximum atomic E-state index is 12.1. The van der Waals surface area contributed by atoms with Crippen LogP contribution in [0.2, 0.25) is 0 Å². The summed E-state index contributed by atoms with van der Waals surface area (Å²) in [6, 6.07) is 0.0302. The molecule has 1 heterocycles. The minimum atomic E-state index is -0.867. The Morgan fingerprint density at radius 1 is 1.63 bits per heavy atom. The van der Waals surface area contributed by atoms with Crippen LogP contribution in [0.3, 0.4) is 0 Å². The molecule has 1 fully saturated rings. The van der Waals surface area contributed by atoms with Crippen LogP contribution in [0.4, 0.5) is 5.69 Å². The van der Waals surface area contributed by atoms with Crippen molar-refractivity contribution in [1.82, 2.24) is 9.78 Å². The molecule has 1 N–H and O–H groups in total. The lowest BCUT2D eigenvalue weighted by molar-refractivity contribution is 0.531. The van der Waals surface area contributed by atoms with Crippen LogP contribution in [-0.2, 0) is 17.3 Å². The molecule has 0 saturated heterocycles. The number of rotatable bonds is 6. The lowest BCUT2D eigenvalue weighted by atomic mass is 10.3. The van der Waals surface area contributed by atoms with Gasteiger partial charge >= 0.3 is 0 Å². The van der Waals surface area contributed by atoms with E-state index in [0.29, 0.717) is 28.4 Å². The second kappa shape index (κ2) is 6.17. The summed E-state index contributed by atoms with van der Waals surface area (Å²) in [6.07, 6.45) is 5.69. The molecule has 7 heteroatoms. The molecule has 1 aliphatic carbocycles. The van der Waals surface area contributed by atoms with Gasteiger partial charge in [-0.3, -0.25) is 9.00 Å². The predicted octanol–water partition coefficient (Wildman–Crippen LogP) is 1.59. The van der Waals surface area contributed by atoms with Gasteiger partial charge in [-0.15, -0.1) is 0 Å². The van der Waals surface area contributed by atoms with Gasteiger partial charge in [0.15, 0.2) is 0 Å². The predicted molar refractivity (Wildman–Crippen MR) is 80.9 cm³/mol. The molecule has 2 atom stereocenters.